The largest absolute Gasteiger partial charge is 0.458 e. The average molecular weight is 521 g/mol. The van der Waals surface area contributed by atoms with E-state index in [1.165, 1.54) is 6.08 Å². The van der Waals surface area contributed by atoms with Crippen molar-refractivity contribution in [2.45, 2.75) is 111 Å². The number of hydrogen-bond acceptors (Lipinski definition) is 6. The molecule has 0 aromatic rings. The fourth-order valence-corrected chi connectivity index (χ4v) is 4.78. The summed E-state index contributed by atoms with van der Waals surface area (Å²) < 4.78 is 5.82. The van der Waals surface area contributed by atoms with Crippen LogP contribution in [0, 0.1) is 29.6 Å². The van der Waals surface area contributed by atoms with Crippen molar-refractivity contribution >= 4 is 5.97 Å². The Labute approximate surface area is 224 Å². The van der Waals surface area contributed by atoms with Crippen LogP contribution in [0.15, 0.2) is 48.6 Å². The van der Waals surface area contributed by atoms with E-state index in [-0.39, 0.29) is 36.0 Å². The Morgan fingerprint density at radius 3 is 2.30 bits per heavy atom. The van der Waals surface area contributed by atoms with Gasteiger partial charge in [0.2, 0.25) is 0 Å². The summed E-state index contributed by atoms with van der Waals surface area (Å²) in [5.41, 5.74) is 0. The number of hydrogen-bond donors (Lipinski definition) is 4. The zero-order valence-corrected chi connectivity index (χ0v) is 23.7. The molecule has 0 bridgehead atoms. The minimum atomic E-state index is -0.816. The van der Waals surface area contributed by atoms with Crippen LogP contribution in [0.4, 0.5) is 0 Å². The Balaban J connectivity index is 3.09. The van der Waals surface area contributed by atoms with Gasteiger partial charge in [0.05, 0.1) is 24.4 Å². The maximum Gasteiger partial charge on any atom is 0.331 e. The molecule has 1 aliphatic rings. The molecule has 0 amide bonds. The lowest BCUT2D eigenvalue weighted by Gasteiger charge is -2.31. The van der Waals surface area contributed by atoms with Gasteiger partial charge >= 0.3 is 5.97 Å². The van der Waals surface area contributed by atoms with Gasteiger partial charge in [-0.3, -0.25) is 0 Å². The van der Waals surface area contributed by atoms with Gasteiger partial charge in [-0.2, -0.15) is 0 Å². The number of esters is 1. The van der Waals surface area contributed by atoms with E-state index >= 15 is 0 Å². The summed E-state index contributed by atoms with van der Waals surface area (Å²) in [5.74, 6) is -1.04. The standard InChI is InChI=1S/C31H52O6/c1-7-8-13-24(5)31-25(6)27(33)16-11-9-15-22(3)30(36)23(4)18-19-26(32)20-28(34)21(2)14-10-12-17-29(35)37-31/h8,10,12-14,17-19,21-28,30-34,36H,7,9,11,15-16,20H2,1-6H3/b13-8-,14-10+,17-12-,19-18-/t21-,22-,23-,24-,25-,26+,27+,28-,30+,31-/m0/s1. The summed E-state index contributed by atoms with van der Waals surface area (Å²) >= 11 is 0. The van der Waals surface area contributed by atoms with Gasteiger partial charge in [-0.05, 0) is 25.2 Å². The highest BCUT2D eigenvalue weighted by molar-refractivity contribution is 5.82. The molecule has 10 atom stereocenters. The molecule has 6 heteroatoms. The highest BCUT2D eigenvalue weighted by atomic mass is 16.5. The van der Waals surface area contributed by atoms with Crippen LogP contribution in [0.25, 0.3) is 0 Å². The normalized spacial score (nSPS) is 39.6. The number of carbonyl (C=O) groups is 1. The van der Waals surface area contributed by atoms with E-state index in [0.717, 1.165) is 25.7 Å². The maximum atomic E-state index is 12.6. The molecular weight excluding hydrogens is 468 g/mol. The smallest absolute Gasteiger partial charge is 0.331 e. The molecule has 0 aromatic heterocycles. The Bertz CT molecular complexity index is 757. The first-order valence-corrected chi connectivity index (χ1v) is 14.1. The van der Waals surface area contributed by atoms with Crippen molar-refractivity contribution < 1.29 is 30.0 Å². The molecule has 212 valence electrons. The third-order valence-corrected chi connectivity index (χ3v) is 7.59. The van der Waals surface area contributed by atoms with Crippen LogP contribution in [0.1, 0.15) is 80.1 Å². The van der Waals surface area contributed by atoms with Crippen molar-refractivity contribution in [3.05, 3.63) is 48.6 Å². The summed E-state index contributed by atoms with van der Waals surface area (Å²) in [6, 6.07) is 0. The molecule has 0 saturated carbocycles. The van der Waals surface area contributed by atoms with Gasteiger partial charge in [0.25, 0.3) is 0 Å². The second-order valence-electron chi connectivity index (χ2n) is 11.0. The first kappa shape index (κ1) is 33.3. The van der Waals surface area contributed by atoms with Crippen molar-refractivity contribution in [2.24, 2.45) is 29.6 Å². The third kappa shape index (κ3) is 12.6. The average Bonchev–Trinajstić information content (AvgIpc) is 2.87. The number of cyclic esters (lactones) is 1. The number of aliphatic hydroxyl groups excluding tert-OH is 4. The molecule has 0 aromatic carbocycles. The molecule has 1 aliphatic heterocycles. The van der Waals surface area contributed by atoms with Crippen LogP contribution in [0.5, 0.6) is 0 Å². The van der Waals surface area contributed by atoms with Gasteiger partial charge in [0.1, 0.15) is 6.10 Å². The Morgan fingerprint density at radius 2 is 1.62 bits per heavy atom. The topological polar surface area (TPSA) is 107 Å². The number of aliphatic hydroxyl groups is 4. The summed E-state index contributed by atoms with van der Waals surface area (Å²) in [7, 11) is 0. The van der Waals surface area contributed by atoms with E-state index in [4.69, 9.17) is 4.74 Å². The van der Waals surface area contributed by atoms with Gasteiger partial charge in [-0.15, -0.1) is 0 Å². The lowest BCUT2D eigenvalue weighted by Crippen LogP contribution is -2.37. The maximum absolute atomic E-state index is 12.6. The van der Waals surface area contributed by atoms with Crippen molar-refractivity contribution in [3.63, 3.8) is 0 Å². The monoisotopic (exact) mass is 520 g/mol. The summed E-state index contributed by atoms with van der Waals surface area (Å²) in [5, 5.41) is 42.4. The summed E-state index contributed by atoms with van der Waals surface area (Å²) in [6.45, 7) is 11.8. The second kappa shape index (κ2) is 17.7. The molecule has 1 rings (SSSR count). The van der Waals surface area contributed by atoms with Gasteiger partial charge in [0, 0.05) is 36.2 Å². The van der Waals surface area contributed by atoms with Crippen molar-refractivity contribution in [1.82, 2.24) is 0 Å². The van der Waals surface area contributed by atoms with Crippen LogP contribution < -0.4 is 0 Å². The van der Waals surface area contributed by atoms with Crippen molar-refractivity contribution in [2.75, 3.05) is 0 Å². The number of ether oxygens (including phenoxy) is 1. The van der Waals surface area contributed by atoms with Crippen LogP contribution in [-0.2, 0) is 9.53 Å². The zero-order chi connectivity index (χ0) is 28.0. The fourth-order valence-electron chi connectivity index (χ4n) is 4.78. The third-order valence-electron chi connectivity index (χ3n) is 7.59. The molecule has 0 unspecified atom stereocenters. The minimum Gasteiger partial charge on any atom is -0.458 e. The van der Waals surface area contributed by atoms with E-state index in [2.05, 4.69) is 0 Å². The second-order valence-corrected chi connectivity index (χ2v) is 11.0. The summed E-state index contributed by atoms with van der Waals surface area (Å²) in [4.78, 5) is 12.6. The fraction of sp³-hybridized carbons (Fsp3) is 0.710. The molecular formula is C31H52O6. The molecule has 0 spiro atoms. The van der Waals surface area contributed by atoms with Gasteiger partial charge < -0.3 is 25.2 Å². The predicted molar refractivity (Wildman–Crippen MR) is 150 cm³/mol. The quantitative estimate of drug-likeness (QED) is 0.304. The number of carbonyl (C=O) groups excluding carboxylic acids is 1. The number of rotatable bonds is 3. The lowest BCUT2D eigenvalue weighted by atomic mass is 9.85. The van der Waals surface area contributed by atoms with E-state index < -0.39 is 36.5 Å². The molecule has 37 heavy (non-hydrogen) atoms. The van der Waals surface area contributed by atoms with E-state index in [0.29, 0.717) is 6.42 Å². The molecule has 0 saturated heterocycles. The summed E-state index contributed by atoms with van der Waals surface area (Å²) in [6.07, 6.45) is 14.9. The first-order chi connectivity index (χ1) is 17.5. The van der Waals surface area contributed by atoms with Gasteiger partial charge in [-0.1, -0.05) is 96.9 Å². The van der Waals surface area contributed by atoms with Crippen molar-refractivity contribution in [3.8, 4) is 0 Å². The van der Waals surface area contributed by atoms with Crippen LogP contribution in [0.3, 0.4) is 0 Å². The van der Waals surface area contributed by atoms with E-state index in [9.17, 15) is 25.2 Å². The number of allylic oxidation sites excluding steroid dienone is 3. The minimum absolute atomic E-state index is 0.0469. The Hall–Kier alpha value is -1.73. The molecule has 6 nitrogen and oxygen atoms in total. The highest BCUT2D eigenvalue weighted by Crippen LogP contribution is 2.26. The molecule has 0 aliphatic carbocycles. The molecule has 4 N–H and O–H groups in total. The van der Waals surface area contributed by atoms with Gasteiger partial charge in [0.15, 0.2) is 0 Å². The Morgan fingerprint density at radius 1 is 0.946 bits per heavy atom. The highest BCUT2D eigenvalue weighted by Gasteiger charge is 2.30. The van der Waals surface area contributed by atoms with Crippen LogP contribution >= 0.6 is 0 Å². The van der Waals surface area contributed by atoms with E-state index in [1.54, 1.807) is 24.3 Å². The van der Waals surface area contributed by atoms with Crippen molar-refractivity contribution in [1.29, 1.82) is 0 Å². The SMILES string of the molecule is CC/C=C\[C@H](C)[C@@H]1OC(=O)/C=C\C=C\[C@H](C)[C@@H](O)C[C@H](O)/C=C\[C@H](C)[C@H](O)[C@@H](C)CCCC[C@@H](O)[C@@H]1C. The van der Waals surface area contributed by atoms with E-state index in [1.807, 2.05) is 59.8 Å². The first-order valence-electron chi connectivity index (χ1n) is 14.1. The van der Waals surface area contributed by atoms with Gasteiger partial charge in [-0.25, -0.2) is 4.79 Å². The zero-order valence-electron chi connectivity index (χ0n) is 23.7. The Kier molecular flexibility index (Phi) is 15.9. The molecule has 1 heterocycles. The van der Waals surface area contributed by atoms with Crippen LogP contribution in [-0.4, -0.2) is 56.9 Å². The predicted octanol–water partition coefficient (Wildman–Crippen LogP) is 5.12. The molecule has 0 radical (unpaired) electrons. The molecule has 0 fully saturated rings. The van der Waals surface area contributed by atoms with Crippen LogP contribution in [0.2, 0.25) is 0 Å². The lowest BCUT2D eigenvalue weighted by molar-refractivity contribution is -0.150.